The van der Waals surface area contributed by atoms with E-state index < -0.39 is 0 Å². The number of hydrogen-bond donors (Lipinski definition) is 3. The van der Waals surface area contributed by atoms with Crippen LogP contribution in [0, 0.1) is 0 Å². The van der Waals surface area contributed by atoms with Gasteiger partial charge in [0.2, 0.25) is 0 Å². The van der Waals surface area contributed by atoms with Gasteiger partial charge in [0.1, 0.15) is 44.5 Å². The Morgan fingerprint density at radius 3 is 2.50 bits per heavy atom. The first kappa shape index (κ1) is 18.7. The Morgan fingerprint density at radius 2 is 1.79 bits per heavy atom. The number of methoxy groups -OCH3 is 1. The number of nitrogens with one attached hydrogen (secondary N) is 3. The van der Waals surface area contributed by atoms with E-state index in [0.717, 1.165) is 49.8 Å². The van der Waals surface area contributed by atoms with Crippen LogP contribution in [0.3, 0.4) is 0 Å². The van der Waals surface area contributed by atoms with Crippen LogP contribution in [0.5, 0.6) is 5.75 Å². The van der Waals surface area contributed by atoms with Crippen molar-refractivity contribution < 1.29 is 14.5 Å². The fraction of sp³-hybridized carbons (Fsp3) is 0.364. The number of quaternary nitrogens is 2. The first-order valence-electron chi connectivity index (χ1n) is 9.94. The van der Waals surface area contributed by atoms with Crippen LogP contribution in [-0.4, -0.2) is 43.3 Å². The monoisotopic (exact) mass is 380 g/mol. The second kappa shape index (κ2) is 8.12. The molecular weight excluding hydrogens is 352 g/mol. The molecule has 3 N–H and O–H groups in total. The summed E-state index contributed by atoms with van der Waals surface area (Å²) in [5.74, 6) is 1.69. The summed E-state index contributed by atoms with van der Waals surface area (Å²) in [6.45, 7) is 7.58. The van der Waals surface area contributed by atoms with Crippen LogP contribution >= 0.6 is 0 Å². The maximum absolute atomic E-state index is 12.4. The number of aromatic nitrogens is 2. The van der Waals surface area contributed by atoms with E-state index in [9.17, 15) is 4.79 Å². The quantitative estimate of drug-likeness (QED) is 0.583. The van der Waals surface area contributed by atoms with Crippen molar-refractivity contribution in [3.8, 4) is 5.75 Å². The lowest BCUT2D eigenvalue weighted by Crippen LogP contribution is -3.27. The zero-order chi connectivity index (χ0) is 19.5. The van der Waals surface area contributed by atoms with Gasteiger partial charge in [-0.05, 0) is 43.3 Å². The maximum atomic E-state index is 12.4. The van der Waals surface area contributed by atoms with Crippen LogP contribution < -0.4 is 20.1 Å². The van der Waals surface area contributed by atoms with Crippen molar-refractivity contribution in [3.63, 3.8) is 0 Å². The molecule has 2 heterocycles. The van der Waals surface area contributed by atoms with Crippen molar-refractivity contribution in [2.75, 3.05) is 33.3 Å². The van der Waals surface area contributed by atoms with Gasteiger partial charge in [0.25, 0.3) is 5.56 Å². The molecule has 4 rings (SSSR count). The standard InChI is InChI=1S/C22H26N4O2/c1-16(21-23-20-6-4-3-5-19(20)22(27)24-21)26-13-11-25(12-14-26)15-17-7-9-18(28-2)10-8-17/h3-10,16H,11-15H2,1-2H3,(H,23,24,27)/p+2/t16-/m1/s1. The molecule has 0 saturated carbocycles. The van der Waals surface area contributed by atoms with Gasteiger partial charge < -0.3 is 19.5 Å². The minimum absolute atomic E-state index is 0.0457. The van der Waals surface area contributed by atoms with Crippen molar-refractivity contribution in [3.05, 3.63) is 70.3 Å². The van der Waals surface area contributed by atoms with Gasteiger partial charge in [-0.15, -0.1) is 0 Å². The number of benzene rings is 2. The largest absolute Gasteiger partial charge is 0.497 e. The summed E-state index contributed by atoms with van der Waals surface area (Å²) in [6.07, 6.45) is 0. The molecule has 0 amide bonds. The van der Waals surface area contributed by atoms with Crippen molar-refractivity contribution >= 4 is 10.9 Å². The minimum atomic E-state index is -0.0457. The average Bonchev–Trinajstić information content (AvgIpc) is 2.74. The van der Waals surface area contributed by atoms with Gasteiger partial charge in [-0.3, -0.25) is 4.79 Å². The molecule has 3 aromatic rings. The van der Waals surface area contributed by atoms with Gasteiger partial charge in [-0.2, -0.15) is 0 Å². The third kappa shape index (κ3) is 3.93. The molecule has 0 bridgehead atoms. The Balaban J connectivity index is 1.39. The highest BCUT2D eigenvalue weighted by Crippen LogP contribution is 2.11. The predicted octanol–water partition coefficient (Wildman–Crippen LogP) is -0.0237. The van der Waals surface area contributed by atoms with E-state index in [1.165, 1.54) is 10.5 Å². The van der Waals surface area contributed by atoms with Gasteiger partial charge in [-0.25, -0.2) is 4.98 Å². The topological polar surface area (TPSA) is 63.9 Å². The number of H-pyrrole nitrogens is 1. The van der Waals surface area contributed by atoms with Gasteiger partial charge >= 0.3 is 0 Å². The average molecular weight is 380 g/mol. The van der Waals surface area contributed by atoms with Crippen LogP contribution in [0.15, 0.2) is 53.3 Å². The van der Waals surface area contributed by atoms with Crippen molar-refractivity contribution in [1.82, 2.24) is 9.97 Å². The number of rotatable bonds is 5. The molecule has 1 aromatic heterocycles. The van der Waals surface area contributed by atoms with E-state index in [1.807, 2.05) is 36.4 Å². The highest BCUT2D eigenvalue weighted by atomic mass is 16.5. The molecule has 0 radical (unpaired) electrons. The Hall–Kier alpha value is -2.70. The van der Waals surface area contributed by atoms with Crippen LogP contribution in [0.1, 0.15) is 24.4 Å². The summed E-state index contributed by atoms with van der Waals surface area (Å²) < 4.78 is 5.24. The number of piperazine rings is 1. The lowest BCUT2D eigenvalue weighted by Gasteiger charge is -2.32. The molecule has 6 heteroatoms. The predicted molar refractivity (Wildman–Crippen MR) is 109 cm³/mol. The zero-order valence-electron chi connectivity index (χ0n) is 16.5. The molecule has 1 aliphatic rings. The Labute approximate surface area is 164 Å². The molecule has 0 spiro atoms. The van der Waals surface area contributed by atoms with Gasteiger partial charge in [0, 0.05) is 5.56 Å². The summed E-state index contributed by atoms with van der Waals surface area (Å²) in [4.78, 5) is 23.2. The van der Waals surface area contributed by atoms with Crippen LogP contribution in [0.4, 0.5) is 0 Å². The van der Waals surface area contributed by atoms with Gasteiger partial charge in [-0.1, -0.05) is 12.1 Å². The molecule has 1 fully saturated rings. The second-order valence-corrected chi connectivity index (χ2v) is 7.62. The molecule has 28 heavy (non-hydrogen) atoms. The molecule has 0 aliphatic carbocycles. The maximum Gasteiger partial charge on any atom is 0.258 e. The Bertz CT molecular complexity index is 991. The van der Waals surface area contributed by atoms with Crippen LogP contribution in [0.25, 0.3) is 10.9 Å². The SMILES string of the molecule is COc1ccc(C[NH+]2CC[NH+]([C@H](C)c3nc4ccccc4c(=O)[nH]3)CC2)cc1. The summed E-state index contributed by atoms with van der Waals surface area (Å²) in [5.41, 5.74) is 2.07. The molecule has 6 nitrogen and oxygen atoms in total. The Morgan fingerprint density at radius 1 is 1.07 bits per heavy atom. The first-order valence-corrected chi connectivity index (χ1v) is 9.94. The number of hydrogen-bond acceptors (Lipinski definition) is 3. The van der Waals surface area contributed by atoms with E-state index in [4.69, 9.17) is 9.72 Å². The number of para-hydroxylation sites is 1. The van der Waals surface area contributed by atoms with Crippen molar-refractivity contribution in [2.45, 2.75) is 19.5 Å². The van der Waals surface area contributed by atoms with Crippen molar-refractivity contribution in [2.24, 2.45) is 0 Å². The summed E-state index contributed by atoms with van der Waals surface area (Å²) in [5, 5.41) is 0.655. The zero-order valence-corrected chi connectivity index (χ0v) is 16.5. The van der Waals surface area contributed by atoms with Gasteiger partial charge in [0.05, 0.1) is 18.0 Å². The molecule has 1 saturated heterocycles. The number of fused-ring (bicyclic) bond motifs is 1. The third-order valence-electron chi connectivity index (χ3n) is 5.87. The van der Waals surface area contributed by atoms with Crippen molar-refractivity contribution in [1.29, 1.82) is 0 Å². The summed E-state index contributed by atoms with van der Waals surface area (Å²) in [6, 6.07) is 16.1. The smallest absolute Gasteiger partial charge is 0.258 e. The molecular formula is C22H28N4O2+2. The summed E-state index contributed by atoms with van der Waals surface area (Å²) >= 11 is 0. The van der Waals surface area contributed by atoms with Crippen LogP contribution in [0.2, 0.25) is 0 Å². The fourth-order valence-electron chi connectivity index (χ4n) is 4.07. The fourth-order valence-corrected chi connectivity index (χ4v) is 4.07. The van der Waals surface area contributed by atoms with E-state index in [1.54, 1.807) is 12.0 Å². The number of ether oxygens (including phenoxy) is 1. The van der Waals surface area contributed by atoms with Crippen LogP contribution in [-0.2, 0) is 6.54 Å². The lowest BCUT2D eigenvalue weighted by atomic mass is 10.1. The van der Waals surface area contributed by atoms with E-state index >= 15 is 0 Å². The normalized spacial score (nSPS) is 20.8. The van der Waals surface area contributed by atoms with E-state index in [2.05, 4.69) is 24.0 Å². The van der Waals surface area contributed by atoms with E-state index in [-0.39, 0.29) is 11.6 Å². The third-order valence-corrected chi connectivity index (χ3v) is 5.87. The highest BCUT2D eigenvalue weighted by Gasteiger charge is 2.29. The number of aromatic amines is 1. The highest BCUT2D eigenvalue weighted by molar-refractivity contribution is 5.77. The molecule has 1 aliphatic heterocycles. The second-order valence-electron chi connectivity index (χ2n) is 7.62. The number of nitrogens with zero attached hydrogens (tertiary/aromatic N) is 1. The summed E-state index contributed by atoms with van der Waals surface area (Å²) in [7, 11) is 1.70. The molecule has 2 aromatic carbocycles. The van der Waals surface area contributed by atoms with Gasteiger partial charge in [0.15, 0.2) is 5.82 Å². The Kier molecular flexibility index (Phi) is 5.41. The first-order chi connectivity index (χ1) is 13.6. The minimum Gasteiger partial charge on any atom is -0.497 e. The lowest BCUT2D eigenvalue weighted by molar-refractivity contribution is -1.03. The molecule has 1 atom stereocenters. The molecule has 146 valence electrons. The molecule has 0 unspecified atom stereocenters. The van der Waals surface area contributed by atoms with E-state index in [0.29, 0.717) is 5.39 Å².